The van der Waals surface area contributed by atoms with E-state index >= 15 is 0 Å². The van der Waals surface area contributed by atoms with Crippen LogP contribution in [0.4, 0.5) is 0 Å². The fourth-order valence-electron chi connectivity index (χ4n) is 9.74. The molecule has 1 spiro atoms. The number of piperidine rings is 1. The SMILES string of the molecule is C=CCN1CC[C@]23c4c5ccc(O)c4O[C@H]2[C@@H](N(CCCCCCc2ccccc2)CCCCc2ccccc2)CC[C@@]3(O)[C@H]1C5. The van der Waals surface area contributed by atoms with E-state index in [0.29, 0.717) is 5.75 Å². The summed E-state index contributed by atoms with van der Waals surface area (Å²) in [6, 6.07) is 25.8. The van der Waals surface area contributed by atoms with Crippen LogP contribution in [-0.4, -0.2) is 70.0 Å². The Bertz CT molecular complexity index is 1480. The third-order valence-corrected chi connectivity index (χ3v) is 11.9. The summed E-state index contributed by atoms with van der Waals surface area (Å²) in [4.78, 5) is 5.17. The highest BCUT2D eigenvalue weighted by molar-refractivity contribution is 5.62. The largest absolute Gasteiger partial charge is 0.504 e. The van der Waals surface area contributed by atoms with E-state index in [-0.39, 0.29) is 23.9 Å². The van der Waals surface area contributed by atoms with Gasteiger partial charge in [0.2, 0.25) is 0 Å². The Kier molecular flexibility index (Phi) is 9.27. The summed E-state index contributed by atoms with van der Waals surface area (Å²) in [5.74, 6) is 0.872. The average molecular weight is 621 g/mol. The lowest BCUT2D eigenvalue weighted by atomic mass is 9.48. The molecule has 5 nitrogen and oxygen atoms in total. The van der Waals surface area contributed by atoms with Gasteiger partial charge in [0.1, 0.15) is 6.10 Å². The summed E-state index contributed by atoms with van der Waals surface area (Å²) in [5.41, 5.74) is 3.83. The number of benzene rings is 3. The highest BCUT2D eigenvalue weighted by Crippen LogP contribution is 2.65. The van der Waals surface area contributed by atoms with Gasteiger partial charge in [-0.1, -0.05) is 85.6 Å². The van der Waals surface area contributed by atoms with Gasteiger partial charge in [0.05, 0.1) is 11.0 Å². The minimum Gasteiger partial charge on any atom is -0.504 e. The number of unbranched alkanes of at least 4 members (excludes halogenated alkanes) is 4. The van der Waals surface area contributed by atoms with Gasteiger partial charge in [0, 0.05) is 24.2 Å². The minimum atomic E-state index is -0.877. The van der Waals surface area contributed by atoms with Crippen LogP contribution in [0.5, 0.6) is 11.5 Å². The smallest absolute Gasteiger partial charge is 0.165 e. The number of rotatable bonds is 15. The maximum Gasteiger partial charge on any atom is 0.165 e. The summed E-state index contributed by atoms with van der Waals surface area (Å²) >= 11 is 0. The number of hydrogen-bond donors (Lipinski definition) is 2. The first kappa shape index (κ1) is 31.5. The van der Waals surface area contributed by atoms with Gasteiger partial charge in [0.25, 0.3) is 0 Å². The molecule has 0 aromatic heterocycles. The second-order valence-corrected chi connectivity index (χ2v) is 14.4. The van der Waals surface area contributed by atoms with Gasteiger partial charge in [0.15, 0.2) is 11.5 Å². The lowest BCUT2D eigenvalue weighted by Gasteiger charge is -2.65. The van der Waals surface area contributed by atoms with Crippen LogP contribution in [0, 0.1) is 0 Å². The van der Waals surface area contributed by atoms with Crippen molar-refractivity contribution in [3.05, 3.63) is 108 Å². The number of aromatic hydroxyl groups is 1. The van der Waals surface area contributed by atoms with E-state index in [4.69, 9.17) is 4.74 Å². The second kappa shape index (κ2) is 13.5. The molecule has 2 fully saturated rings. The summed E-state index contributed by atoms with van der Waals surface area (Å²) in [7, 11) is 0. The molecule has 244 valence electrons. The zero-order valence-electron chi connectivity index (χ0n) is 27.5. The normalized spacial score (nSPS) is 27.7. The van der Waals surface area contributed by atoms with Gasteiger partial charge >= 0.3 is 0 Å². The number of likely N-dealkylation sites (tertiary alicyclic amines) is 1. The molecule has 1 saturated carbocycles. The molecule has 46 heavy (non-hydrogen) atoms. The Morgan fingerprint density at radius 2 is 1.50 bits per heavy atom. The van der Waals surface area contributed by atoms with E-state index in [0.717, 1.165) is 83.1 Å². The molecular weight excluding hydrogens is 568 g/mol. The Morgan fingerprint density at radius 1 is 0.848 bits per heavy atom. The van der Waals surface area contributed by atoms with Crippen LogP contribution >= 0.6 is 0 Å². The Labute approximate surface area is 275 Å². The van der Waals surface area contributed by atoms with E-state index in [1.54, 1.807) is 0 Å². The lowest BCUT2D eigenvalue weighted by Crippen LogP contribution is -2.78. The second-order valence-electron chi connectivity index (χ2n) is 14.4. The minimum absolute atomic E-state index is 0.0400. The van der Waals surface area contributed by atoms with Crippen LogP contribution in [0.25, 0.3) is 0 Å². The first-order valence-corrected chi connectivity index (χ1v) is 18.0. The molecule has 2 N–H and O–H groups in total. The van der Waals surface area contributed by atoms with Crippen LogP contribution in [0.3, 0.4) is 0 Å². The predicted octanol–water partition coefficient (Wildman–Crippen LogP) is 7.23. The van der Waals surface area contributed by atoms with Crippen LogP contribution < -0.4 is 4.74 Å². The molecule has 0 unspecified atom stereocenters. The summed E-state index contributed by atoms with van der Waals surface area (Å²) < 4.78 is 6.94. The number of aliphatic hydroxyl groups is 1. The van der Waals surface area contributed by atoms with Crippen LogP contribution in [0.1, 0.15) is 80.0 Å². The lowest BCUT2D eigenvalue weighted by molar-refractivity contribution is -0.198. The molecule has 1 saturated heterocycles. The number of ether oxygens (including phenoxy) is 1. The van der Waals surface area contributed by atoms with E-state index in [1.807, 2.05) is 12.1 Å². The van der Waals surface area contributed by atoms with Crippen molar-refractivity contribution in [2.75, 3.05) is 26.2 Å². The fourth-order valence-corrected chi connectivity index (χ4v) is 9.74. The summed E-state index contributed by atoms with van der Waals surface area (Å²) in [6.45, 7) is 7.83. The van der Waals surface area contributed by atoms with Crippen molar-refractivity contribution in [3.63, 3.8) is 0 Å². The number of hydrogen-bond acceptors (Lipinski definition) is 5. The first-order chi connectivity index (χ1) is 22.5. The molecule has 5 atom stereocenters. The third-order valence-electron chi connectivity index (χ3n) is 11.9. The topological polar surface area (TPSA) is 56.2 Å². The Morgan fingerprint density at radius 3 is 2.20 bits per heavy atom. The quantitative estimate of drug-likeness (QED) is 0.139. The van der Waals surface area contributed by atoms with E-state index in [2.05, 4.69) is 83.1 Å². The molecule has 2 bridgehead atoms. The average Bonchev–Trinajstić information content (AvgIpc) is 3.43. The maximum atomic E-state index is 12.9. The fraction of sp³-hybridized carbons (Fsp3) is 0.512. The van der Waals surface area contributed by atoms with Gasteiger partial charge in [-0.05, 0) is 107 Å². The molecule has 3 aromatic carbocycles. The monoisotopic (exact) mass is 620 g/mol. The van der Waals surface area contributed by atoms with Crippen molar-refractivity contribution in [3.8, 4) is 11.5 Å². The highest BCUT2D eigenvalue weighted by atomic mass is 16.5. The van der Waals surface area contributed by atoms with Crippen LogP contribution in [0.15, 0.2) is 85.5 Å². The zero-order valence-corrected chi connectivity index (χ0v) is 27.5. The van der Waals surface area contributed by atoms with Gasteiger partial charge in [-0.3, -0.25) is 9.80 Å². The molecule has 5 heteroatoms. The van der Waals surface area contributed by atoms with Crippen molar-refractivity contribution < 1.29 is 14.9 Å². The van der Waals surface area contributed by atoms with Crippen LogP contribution in [-0.2, 0) is 24.7 Å². The Balaban J connectivity index is 1.10. The van der Waals surface area contributed by atoms with Gasteiger partial charge in [-0.25, -0.2) is 0 Å². The molecule has 7 rings (SSSR count). The van der Waals surface area contributed by atoms with E-state index in [1.165, 1.54) is 42.4 Å². The van der Waals surface area contributed by atoms with Crippen molar-refractivity contribution in [2.45, 2.75) is 106 Å². The van der Waals surface area contributed by atoms with E-state index in [9.17, 15) is 10.2 Å². The summed E-state index contributed by atoms with van der Waals surface area (Å²) in [5, 5.41) is 23.9. The van der Waals surface area contributed by atoms with Gasteiger partial charge < -0.3 is 14.9 Å². The third kappa shape index (κ3) is 5.59. The number of phenolic OH excluding ortho intramolecular Hbond substituents is 1. The number of aryl methyl sites for hydroxylation is 2. The van der Waals surface area contributed by atoms with Crippen LogP contribution in [0.2, 0.25) is 0 Å². The van der Waals surface area contributed by atoms with Gasteiger partial charge in [-0.15, -0.1) is 6.58 Å². The molecule has 2 aliphatic heterocycles. The molecule has 0 radical (unpaired) electrons. The van der Waals surface area contributed by atoms with Crippen molar-refractivity contribution in [1.82, 2.24) is 9.80 Å². The molecule has 0 amide bonds. The number of phenols is 1. The molecular formula is C41H52N2O3. The van der Waals surface area contributed by atoms with E-state index < -0.39 is 11.0 Å². The zero-order chi connectivity index (χ0) is 31.6. The first-order valence-electron chi connectivity index (χ1n) is 18.0. The molecule has 2 aliphatic carbocycles. The van der Waals surface area contributed by atoms with Gasteiger partial charge in [-0.2, -0.15) is 0 Å². The highest BCUT2D eigenvalue weighted by Gasteiger charge is 2.73. The Hall–Kier alpha value is -3.12. The summed E-state index contributed by atoms with van der Waals surface area (Å²) in [6.07, 6.45) is 14.6. The van der Waals surface area contributed by atoms with Crippen molar-refractivity contribution in [2.24, 2.45) is 0 Å². The number of nitrogens with zero attached hydrogens (tertiary/aromatic N) is 2. The molecule has 3 aromatic rings. The standard InChI is InChI=1S/C41H52N2O3/c1-2-26-43-29-25-40-37-33-21-22-35(44)38(37)46-39(40)34(23-24-41(40,45)36(43)30-33)42(28-14-12-20-32-18-10-6-11-19-32)27-13-4-3-7-15-31-16-8-5-9-17-31/h2,5-6,8-11,16-19,21-22,34,36,39,44-45H,1,3-4,7,12-15,20,23-30H2/t34-,36+,39-,40-,41+/m0/s1. The molecule has 4 aliphatic rings. The van der Waals surface area contributed by atoms with Crippen molar-refractivity contribution >= 4 is 0 Å². The predicted molar refractivity (Wildman–Crippen MR) is 186 cm³/mol. The molecule has 2 heterocycles. The maximum absolute atomic E-state index is 12.9. The van der Waals surface area contributed by atoms with Crippen molar-refractivity contribution in [1.29, 1.82) is 0 Å².